The molecule has 0 radical (unpaired) electrons. The minimum Gasteiger partial charge on any atom is -0.437 e. The van der Waals surface area contributed by atoms with Crippen LogP contribution >= 0.6 is 27.5 Å². The van der Waals surface area contributed by atoms with Crippen molar-refractivity contribution >= 4 is 49.1 Å². The zero-order valence-corrected chi connectivity index (χ0v) is 19.8. The van der Waals surface area contributed by atoms with Crippen molar-refractivity contribution in [2.24, 2.45) is 0 Å². The molecule has 0 bridgehead atoms. The van der Waals surface area contributed by atoms with Crippen molar-refractivity contribution in [1.82, 2.24) is 9.38 Å². The molecule has 0 aliphatic carbocycles. The van der Waals surface area contributed by atoms with E-state index in [0.29, 0.717) is 4.47 Å². The molecule has 10 heteroatoms. The largest absolute Gasteiger partial charge is 0.437 e. The van der Waals surface area contributed by atoms with Gasteiger partial charge in [0.15, 0.2) is 0 Å². The molecule has 0 saturated carbocycles. The summed E-state index contributed by atoms with van der Waals surface area (Å²) in [5, 5.41) is 9.94. The Balaban J connectivity index is 1.95. The van der Waals surface area contributed by atoms with Crippen LogP contribution in [0.5, 0.6) is 11.6 Å². The maximum Gasteiger partial charge on any atom is 0.269 e. The number of rotatable bonds is 5. The van der Waals surface area contributed by atoms with Gasteiger partial charge in [0, 0.05) is 10.7 Å². The Bertz CT molecular complexity index is 1610. The monoisotopic (exact) mass is 541 g/mol. The van der Waals surface area contributed by atoms with E-state index >= 15 is 0 Å². The van der Waals surface area contributed by atoms with Gasteiger partial charge < -0.3 is 4.74 Å². The fraction of sp³-hybridized carbons (Fsp3) is 0. The standard InChI is InChI=1S/C23H13BrClN3O4S/c24-15-8-10-16(11-9-15)33(30,31)17(14-26)13-18-22(32-20-6-2-1-5-19(20)25)27-21-7-3-4-12-28(21)23(18)29/h1-13H/b17-13+. The highest BCUT2D eigenvalue weighted by Crippen LogP contribution is 2.31. The molecule has 0 unspecified atom stereocenters. The first-order valence-corrected chi connectivity index (χ1v) is 12.0. The normalized spacial score (nSPS) is 11.8. The molecule has 0 saturated heterocycles. The van der Waals surface area contributed by atoms with Crippen molar-refractivity contribution in [3.05, 3.63) is 103 Å². The minimum absolute atomic E-state index is 0.0964. The highest BCUT2D eigenvalue weighted by Gasteiger charge is 2.23. The van der Waals surface area contributed by atoms with Crippen LogP contribution in [-0.4, -0.2) is 17.8 Å². The molecular weight excluding hydrogens is 530 g/mol. The van der Waals surface area contributed by atoms with Crippen LogP contribution in [0.3, 0.4) is 0 Å². The van der Waals surface area contributed by atoms with E-state index in [0.717, 1.165) is 6.08 Å². The lowest BCUT2D eigenvalue weighted by Crippen LogP contribution is -2.19. The van der Waals surface area contributed by atoms with Gasteiger partial charge in [-0.1, -0.05) is 45.7 Å². The van der Waals surface area contributed by atoms with Crippen molar-refractivity contribution in [1.29, 1.82) is 5.26 Å². The van der Waals surface area contributed by atoms with E-state index in [4.69, 9.17) is 16.3 Å². The lowest BCUT2D eigenvalue weighted by atomic mass is 10.2. The molecule has 4 aromatic rings. The van der Waals surface area contributed by atoms with Gasteiger partial charge in [-0.25, -0.2) is 8.42 Å². The Kier molecular flexibility index (Phi) is 6.33. The molecule has 4 rings (SSSR count). The number of hydrogen-bond donors (Lipinski definition) is 0. The van der Waals surface area contributed by atoms with Gasteiger partial charge in [-0.3, -0.25) is 9.20 Å². The fourth-order valence-corrected chi connectivity index (χ4v) is 4.54. The average Bonchev–Trinajstić information content (AvgIpc) is 2.80. The van der Waals surface area contributed by atoms with Gasteiger partial charge >= 0.3 is 0 Å². The van der Waals surface area contributed by atoms with Crippen LogP contribution in [0, 0.1) is 11.3 Å². The number of ether oxygens (including phenoxy) is 1. The van der Waals surface area contributed by atoms with Crippen molar-refractivity contribution in [2.45, 2.75) is 4.90 Å². The van der Waals surface area contributed by atoms with Gasteiger partial charge in [-0.05, 0) is 54.6 Å². The number of allylic oxidation sites excluding steroid dienone is 1. The molecule has 2 aromatic heterocycles. The van der Waals surface area contributed by atoms with Gasteiger partial charge in [0.25, 0.3) is 5.56 Å². The predicted octanol–water partition coefficient (Wildman–Crippen LogP) is 5.24. The summed E-state index contributed by atoms with van der Waals surface area (Å²) in [4.78, 5) is 16.9. The van der Waals surface area contributed by atoms with E-state index in [1.165, 1.54) is 22.7 Å². The molecule has 0 spiro atoms. The number of fused-ring (bicyclic) bond motifs is 1. The van der Waals surface area contributed by atoms with E-state index in [2.05, 4.69) is 20.9 Å². The lowest BCUT2D eigenvalue weighted by molar-refractivity contribution is 0.461. The number of nitrogens with zero attached hydrogens (tertiary/aromatic N) is 3. The Labute approximate surface area is 202 Å². The first kappa shape index (κ1) is 22.7. The van der Waals surface area contributed by atoms with E-state index < -0.39 is 20.3 Å². The van der Waals surface area contributed by atoms with Crippen LogP contribution in [0.15, 0.2) is 92.0 Å². The molecule has 164 valence electrons. The molecule has 7 nitrogen and oxygen atoms in total. The zero-order valence-electron chi connectivity index (χ0n) is 16.6. The van der Waals surface area contributed by atoms with Crippen LogP contribution in [0.4, 0.5) is 0 Å². The summed E-state index contributed by atoms with van der Waals surface area (Å²) in [6.07, 6.45) is 2.45. The summed E-state index contributed by atoms with van der Waals surface area (Å²) >= 11 is 9.42. The highest BCUT2D eigenvalue weighted by atomic mass is 79.9. The average molecular weight is 543 g/mol. The Hall–Kier alpha value is -3.45. The van der Waals surface area contributed by atoms with E-state index in [1.54, 1.807) is 60.7 Å². The third-order valence-corrected chi connectivity index (χ3v) is 7.10. The SMILES string of the molecule is N#C/C(=C\c1c(Oc2ccccc2Cl)nc2ccccn2c1=O)S(=O)(=O)c1ccc(Br)cc1. The molecule has 33 heavy (non-hydrogen) atoms. The smallest absolute Gasteiger partial charge is 0.269 e. The molecular formula is C23H13BrClN3O4S. The zero-order chi connectivity index (χ0) is 23.6. The fourth-order valence-electron chi connectivity index (χ4n) is 2.96. The molecule has 2 aromatic carbocycles. The molecule has 0 fully saturated rings. The van der Waals surface area contributed by atoms with Crippen LogP contribution in [0.25, 0.3) is 11.7 Å². The summed E-state index contributed by atoms with van der Waals surface area (Å²) in [5.41, 5.74) is -0.548. The second-order valence-corrected chi connectivity index (χ2v) is 9.92. The Morgan fingerprint density at radius 3 is 2.48 bits per heavy atom. The first-order valence-electron chi connectivity index (χ1n) is 9.37. The number of hydrogen-bond acceptors (Lipinski definition) is 6. The number of para-hydroxylation sites is 1. The molecule has 2 heterocycles. The summed E-state index contributed by atoms with van der Waals surface area (Å²) < 4.78 is 33.9. The topological polar surface area (TPSA) is 102 Å². The number of pyridine rings is 1. The number of aromatic nitrogens is 2. The first-order chi connectivity index (χ1) is 15.8. The van der Waals surface area contributed by atoms with E-state index in [1.807, 2.05) is 0 Å². The summed E-state index contributed by atoms with van der Waals surface area (Å²) in [5.74, 6) is 0.0355. The van der Waals surface area contributed by atoms with Crippen LogP contribution in [0.2, 0.25) is 5.02 Å². The lowest BCUT2D eigenvalue weighted by Gasteiger charge is -2.11. The van der Waals surface area contributed by atoms with Crippen molar-refractivity contribution in [3.63, 3.8) is 0 Å². The van der Waals surface area contributed by atoms with E-state index in [9.17, 15) is 18.5 Å². The second-order valence-electron chi connectivity index (χ2n) is 6.67. The number of benzene rings is 2. The Morgan fingerprint density at radius 2 is 1.79 bits per heavy atom. The minimum atomic E-state index is -4.21. The van der Waals surface area contributed by atoms with Gasteiger partial charge in [0.05, 0.1) is 9.92 Å². The molecule has 0 amide bonds. The second kappa shape index (κ2) is 9.19. The summed E-state index contributed by atoms with van der Waals surface area (Å²) in [7, 11) is -4.21. The van der Waals surface area contributed by atoms with Crippen LogP contribution in [-0.2, 0) is 9.84 Å². The molecule has 0 aliphatic heterocycles. The third kappa shape index (κ3) is 4.54. The molecule has 0 atom stereocenters. The van der Waals surface area contributed by atoms with Gasteiger partial charge in [0.1, 0.15) is 27.9 Å². The Morgan fingerprint density at radius 1 is 1.09 bits per heavy atom. The number of halogens is 2. The maximum absolute atomic E-state index is 13.2. The van der Waals surface area contributed by atoms with E-state index in [-0.39, 0.29) is 32.8 Å². The quantitative estimate of drug-likeness (QED) is 0.320. The predicted molar refractivity (Wildman–Crippen MR) is 128 cm³/mol. The third-order valence-electron chi connectivity index (χ3n) is 4.58. The van der Waals surface area contributed by atoms with Crippen LogP contribution in [0.1, 0.15) is 5.56 Å². The number of nitriles is 1. The highest BCUT2D eigenvalue weighted by molar-refractivity contribution is 9.10. The van der Waals surface area contributed by atoms with Gasteiger partial charge in [-0.15, -0.1) is 0 Å². The van der Waals surface area contributed by atoms with Gasteiger partial charge in [0.2, 0.25) is 15.7 Å². The van der Waals surface area contributed by atoms with Crippen molar-refractivity contribution < 1.29 is 13.2 Å². The summed E-state index contributed by atoms with van der Waals surface area (Å²) in [6, 6.07) is 19.0. The molecule has 0 aliphatic rings. The summed E-state index contributed by atoms with van der Waals surface area (Å²) in [6.45, 7) is 0. The van der Waals surface area contributed by atoms with Crippen molar-refractivity contribution in [3.8, 4) is 17.7 Å². The molecule has 0 N–H and O–H groups in total. The van der Waals surface area contributed by atoms with Crippen molar-refractivity contribution in [2.75, 3.05) is 0 Å². The van der Waals surface area contributed by atoms with Gasteiger partial charge in [-0.2, -0.15) is 10.2 Å². The maximum atomic E-state index is 13.2. The van der Waals surface area contributed by atoms with Crippen LogP contribution < -0.4 is 10.3 Å². The number of sulfone groups is 1.